The Morgan fingerprint density at radius 3 is 1.33 bits per heavy atom. The first-order chi connectivity index (χ1) is 36.7. The maximum absolute atomic E-state index is 6.91. The fraction of sp³-hybridized carbons (Fsp3) is 0.167. The molecule has 3 heterocycles. The van der Waals surface area contributed by atoms with Gasteiger partial charge in [0, 0.05) is 70.9 Å². The van der Waals surface area contributed by atoms with Crippen LogP contribution in [0.1, 0.15) is 99.9 Å². The number of furan rings is 3. The molecule has 13 aromatic rings. The largest absolute Gasteiger partial charge is 0.456 e. The third-order valence-corrected chi connectivity index (χ3v) is 19.1. The molecule has 0 amide bonds. The monoisotopic (exact) mass is 979 g/mol. The lowest BCUT2D eigenvalue weighted by Gasteiger charge is -2.29. The van der Waals surface area contributed by atoms with Gasteiger partial charge in [-0.25, -0.2) is 0 Å². The Balaban J connectivity index is 0.838. The first-order valence-electron chi connectivity index (χ1n) is 27.0. The first kappa shape index (κ1) is 42.7. The third-order valence-electron chi connectivity index (χ3n) is 19.1. The molecule has 0 unspecified atom stereocenters. The zero-order chi connectivity index (χ0) is 51.1. The minimum atomic E-state index is -0.301. The van der Waals surface area contributed by atoms with Gasteiger partial charge in [0.15, 0.2) is 5.58 Å². The number of anilines is 3. The average molecular weight is 980 g/mol. The molecule has 4 aliphatic carbocycles. The van der Waals surface area contributed by atoms with Crippen LogP contribution in [-0.2, 0) is 21.7 Å². The van der Waals surface area contributed by atoms with Crippen LogP contribution in [0.25, 0.3) is 110 Å². The quantitative estimate of drug-likeness (QED) is 0.177. The molecule has 0 atom stereocenters. The van der Waals surface area contributed by atoms with E-state index in [-0.39, 0.29) is 21.7 Å². The standard InChI is InChI=1S/C72H53NO3/c1-69(2)51-30-31-63-66(46-18-11-14-23-62(46)74-63)64(51)49-36-55-47(34-57(49)69)40-26-24-38(32-53(40)71(55,5)6)73(59-20-15-19-44-42-16-9-12-21-60(42)75-67(44)59)39-25-27-41-48-35-58-50(37-56(48)72(7,8)54(41)33-39)65-52(70(58,3)4)29-28-45-43-17-10-13-22-61(43)76-68(45)65/h9-37H,1-8H3. The third kappa shape index (κ3) is 5.11. The molecular weight excluding hydrogens is 927 g/mol. The summed E-state index contributed by atoms with van der Waals surface area (Å²) in [4.78, 5) is 2.46. The van der Waals surface area contributed by atoms with Crippen LogP contribution >= 0.6 is 0 Å². The van der Waals surface area contributed by atoms with Crippen LogP contribution in [0, 0.1) is 0 Å². The molecule has 17 rings (SSSR count). The van der Waals surface area contributed by atoms with E-state index < -0.39 is 0 Å². The summed E-state index contributed by atoms with van der Waals surface area (Å²) in [5.74, 6) is 0. The minimum Gasteiger partial charge on any atom is -0.456 e. The molecule has 0 saturated heterocycles. The Morgan fingerprint density at radius 2 is 0.724 bits per heavy atom. The molecule has 10 aromatic carbocycles. The van der Waals surface area contributed by atoms with E-state index in [1.54, 1.807) is 0 Å². The summed E-state index contributed by atoms with van der Waals surface area (Å²) in [5, 5.41) is 6.95. The highest BCUT2D eigenvalue weighted by molar-refractivity contribution is 6.16. The fourth-order valence-corrected chi connectivity index (χ4v) is 15.1. The van der Waals surface area contributed by atoms with Crippen molar-refractivity contribution in [1.29, 1.82) is 0 Å². The number of benzene rings is 10. The molecule has 4 aliphatic rings. The number of rotatable bonds is 3. The molecule has 0 saturated carbocycles. The van der Waals surface area contributed by atoms with Gasteiger partial charge in [-0.3, -0.25) is 0 Å². The lowest BCUT2D eigenvalue weighted by atomic mass is 9.79. The van der Waals surface area contributed by atoms with Gasteiger partial charge in [-0.2, -0.15) is 0 Å². The Kier molecular flexibility index (Phi) is 7.76. The molecule has 0 spiro atoms. The van der Waals surface area contributed by atoms with E-state index in [0.29, 0.717) is 0 Å². The van der Waals surface area contributed by atoms with Gasteiger partial charge in [0.1, 0.15) is 27.9 Å². The van der Waals surface area contributed by atoms with Crippen molar-refractivity contribution in [3.8, 4) is 44.5 Å². The molecule has 76 heavy (non-hydrogen) atoms. The zero-order valence-electron chi connectivity index (χ0n) is 43.9. The number of hydrogen-bond acceptors (Lipinski definition) is 4. The highest BCUT2D eigenvalue weighted by atomic mass is 16.3. The molecule has 0 fully saturated rings. The topological polar surface area (TPSA) is 42.7 Å². The smallest absolute Gasteiger partial charge is 0.159 e. The Hall–Kier alpha value is -8.60. The molecule has 0 radical (unpaired) electrons. The second-order valence-electron chi connectivity index (χ2n) is 24.4. The van der Waals surface area contributed by atoms with Crippen LogP contribution in [0.3, 0.4) is 0 Å². The molecule has 0 N–H and O–H groups in total. The average Bonchev–Trinajstić information content (AvgIpc) is 4.41. The van der Waals surface area contributed by atoms with Crippen LogP contribution in [0.5, 0.6) is 0 Å². The van der Waals surface area contributed by atoms with Gasteiger partial charge in [0.05, 0.1) is 5.69 Å². The molecular formula is C72H53NO3. The molecule has 0 bridgehead atoms. The molecule has 3 aromatic heterocycles. The van der Waals surface area contributed by atoms with Crippen LogP contribution in [0.2, 0.25) is 0 Å². The van der Waals surface area contributed by atoms with E-state index in [4.69, 9.17) is 13.3 Å². The summed E-state index contributed by atoms with van der Waals surface area (Å²) >= 11 is 0. The van der Waals surface area contributed by atoms with Crippen molar-refractivity contribution < 1.29 is 13.3 Å². The summed E-state index contributed by atoms with van der Waals surface area (Å²) in [6.07, 6.45) is 0. The lowest BCUT2D eigenvalue weighted by Crippen LogP contribution is -2.18. The van der Waals surface area contributed by atoms with Crippen molar-refractivity contribution in [2.45, 2.75) is 77.0 Å². The summed E-state index contributed by atoms with van der Waals surface area (Å²) in [5.41, 5.74) is 28.9. The molecule has 0 aliphatic heterocycles. The molecule has 364 valence electrons. The Bertz CT molecular complexity index is 4830. The summed E-state index contributed by atoms with van der Waals surface area (Å²) in [6, 6.07) is 65.6. The van der Waals surface area contributed by atoms with Crippen LogP contribution in [0.15, 0.2) is 189 Å². The number of fused-ring (bicyclic) bond motifs is 23. The maximum atomic E-state index is 6.91. The molecule has 4 nitrogen and oxygen atoms in total. The normalized spacial score (nSPS) is 16.3. The van der Waals surface area contributed by atoms with Crippen molar-refractivity contribution in [2.24, 2.45) is 0 Å². The predicted molar refractivity (Wildman–Crippen MR) is 313 cm³/mol. The van der Waals surface area contributed by atoms with Gasteiger partial charge in [-0.15, -0.1) is 0 Å². The SMILES string of the molecule is CC1(C)c2cc(N(c3ccc4c(c3)C(C)(C)c3cc5c(cc3-4)C(C)(C)c3ccc4oc6ccccc6c4c3-5)c3cccc4c3oc3ccccc34)ccc2-c2cc3c(cc21)-c1c(ccc2c1oc1ccccc12)C3(C)C. The van der Waals surface area contributed by atoms with Gasteiger partial charge in [-0.1, -0.05) is 152 Å². The lowest BCUT2D eigenvalue weighted by molar-refractivity contribution is 0.649. The Morgan fingerprint density at radius 1 is 0.289 bits per heavy atom. The second-order valence-corrected chi connectivity index (χ2v) is 24.4. The van der Waals surface area contributed by atoms with Gasteiger partial charge < -0.3 is 18.2 Å². The zero-order valence-corrected chi connectivity index (χ0v) is 43.9. The van der Waals surface area contributed by atoms with E-state index in [9.17, 15) is 0 Å². The maximum Gasteiger partial charge on any atom is 0.159 e. The van der Waals surface area contributed by atoms with E-state index >= 15 is 0 Å². The van der Waals surface area contributed by atoms with Gasteiger partial charge >= 0.3 is 0 Å². The van der Waals surface area contributed by atoms with Crippen molar-refractivity contribution in [3.05, 3.63) is 220 Å². The van der Waals surface area contributed by atoms with E-state index in [1.807, 2.05) is 0 Å². The van der Waals surface area contributed by atoms with Gasteiger partial charge in [-0.05, 0) is 162 Å². The number of nitrogens with zero attached hydrogens (tertiary/aromatic N) is 1. The highest BCUT2D eigenvalue weighted by Gasteiger charge is 2.45. The van der Waals surface area contributed by atoms with E-state index in [1.165, 1.54) is 105 Å². The minimum absolute atomic E-state index is 0.190. The van der Waals surface area contributed by atoms with Crippen LogP contribution in [0.4, 0.5) is 17.1 Å². The second kappa shape index (κ2) is 13.8. The number of hydrogen-bond donors (Lipinski definition) is 0. The molecule has 4 heteroatoms. The van der Waals surface area contributed by atoms with Gasteiger partial charge in [0.2, 0.25) is 0 Å². The van der Waals surface area contributed by atoms with E-state index in [2.05, 4.69) is 236 Å². The highest BCUT2D eigenvalue weighted by Crippen LogP contribution is 2.61. The van der Waals surface area contributed by atoms with Gasteiger partial charge in [0.25, 0.3) is 0 Å². The van der Waals surface area contributed by atoms with Crippen molar-refractivity contribution in [3.63, 3.8) is 0 Å². The van der Waals surface area contributed by atoms with Crippen molar-refractivity contribution >= 4 is 82.9 Å². The van der Waals surface area contributed by atoms with Crippen molar-refractivity contribution in [1.82, 2.24) is 0 Å². The number of para-hydroxylation sites is 4. The summed E-state index contributed by atoms with van der Waals surface area (Å²) < 4.78 is 20.2. The first-order valence-corrected chi connectivity index (χ1v) is 27.0. The Labute approximate surface area is 440 Å². The summed E-state index contributed by atoms with van der Waals surface area (Å²) in [6.45, 7) is 19.2. The predicted octanol–water partition coefficient (Wildman–Crippen LogP) is 20.1. The summed E-state index contributed by atoms with van der Waals surface area (Å²) in [7, 11) is 0. The van der Waals surface area contributed by atoms with Crippen LogP contribution in [-0.4, -0.2) is 0 Å². The van der Waals surface area contributed by atoms with Crippen LogP contribution < -0.4 is 4.90 Å². The van der Waals surface area contributed by atoms with Crippen molar-refractivity contribution in [2.75, 3.05) is 4.90 Å². The van der Waals surface area contributed by atoms with E-state index in [0.717, 1.165) is 66.7 Å². The fourth-order valence-electron chi connectivity index (χ4n) is 15.1.